The number of rotatable bonds is 0. The second-order valence-corrected chi connectivity index (χ2v) is 4.76. The largest absolute Gasteiger partial charge is 0.150 e. The van der Waals surface area contributed by atoms with Gasteiger partial charge in [0.1, 0.15) is 0 Å². The lowest BCUT2D eigenvalue weighted by Crippen LogP contribution is -1.74. The molecule has 2 heteroatoms. The molecule has 0 radical (unpaired) electrons. The van der Waals surface area contributed by atoms with Gasteiger partial charge in [0.25, 0.3) is 0 Å². The highest BCUT2D eigenvalue weighted by atomic mass is 15.1. The minimum absolute atomic E-state index is 0.999. The Bertz CT molecular complexity index is 808. The van der Waals surface area contributed by atoms with E-state index in [1.165, 1.54) is 33.0 Å². The van der Waals surface area contributed by atoms with Crippen LogP contribution in [-0.2, 0) is 0 Å². The summed E-state index contributed by atoms with van der Waals surface area (Å²) in [4.78, 5) is 0. The predicted molar refractivity (Wildman–Crippen MR) is 72.6 cm³/mol. The third kappa shape index (κ3) is 0.798. The number of hydrogen-bond donors (Lipinski definition) is 0. The van der Waals surface area contributed by atoms with E-state index >= 15 is 0 Å². The van der Waals surface area contributed by atoms with Crippen LogP contribution in [0.2, 0.25) is 0 Å². The fraction of sp³-hybridized carbons (Fsp3) is 0. The molecule has 0 unspecified atom stereocenters. The number of benzene rings is 3. The van der Waals surface area contributed by atoms with E-state index in [2.05, 4.69) is 58.8 Å². The van der Waals surface area contributed by atoms with E-state index in [1.54, 1.807) is 0 Å². The Morgan fingerprint density at radius 3 is 1.61 bits per heavy atom. The molecule has 0 saturated carbocycles. The van der Waals surface area contributed by atoms with Gasteiger partial charge < -0.3 is 0 Å². The summed E-state index contributed by atoms with van der Waals surface area (Å²) in [6.07, 6.45) is 0. The summed E-state index contributed by atoms with van der Waals surface area (Å²) < 4.78 is 0. The summed E-state index contributed by atoms with van der Waals surface area (Å²) in [5.41, 5.74) is 7.27. The molecule has 18 heavy (non-hydrogen) atoms. The van der Waals surface area contributed by atoms with Gasteiger partial charge in [-0.05, 0) is 34.4 Å². The maximum atomic E-state index is 4.24. The molecular formula is C16H8N2. The first-order chi connectivity index (χ1) is 8.93. The van der Waals surface area contributed by atoms with Gasteiger partial charge >= 0.3 is 0 Å². The third-order valence-corrected chi connectivity index (χ3v) is 3.89. The summed E-state index contributed by atoms with van der Waals surface area (Å²) in [5, 5.41) is 11.0. The Labute approximate surface area is 104 Å². The van der Waals surface area contributed by atoms with Gasteiger partial charge in [0, 0.05) is 10.8 Å². The highest BCUT2D eigenvalue weighted by Gasteiger charge is 2.25. The van der Waals surface area contributed by atoms with Gasteiger partial charge in [-0.15, -0.1) is 10.2 Å². The van der Waals surface area contributed by atoms with Crippen molar-refractivity contribution in [2.45, 2.75) is 0 Å². The van der Waals surface area contributed by atoms with Crippen LogP contribution in [0.15, 0.2) is 58.8 Å². The molecule has 0 amide bonds. The molecule has 3 aromatic rings. The van der Waals surface area contributed by atoms with Crippen molar-refractivity contribution in [2.24, 2.45) is 10.2 Å². The lowest BCUT2D eigenvalue weighted by molar-refractivity contribution is 1.30. The zero-order chi connectivity index (χ0) is 11.7. The topological polar surface area (TPSA) is 24.7 Å². The van der Waals surface area contributed by atoms with Crippen molar-refractivity contribution in [1.29, 1.82) is 0 Å². The van der Waals surface area contributed by atoms with E-state index in [4.69, 9.17) is 0 Å². The second kappa shape index (κ2) is 2.67. The van der Waals surface area contributed by atoms with Gasteiger partial charge in [-0.2, -0.15) is 0 Å². The maximum absolute atomic E-state index is 4.24. The summed E-state index contributed by atoms with van der Waals surface area (Å²) in [6.45, 7) is 0. The molecule has 0 atom stereocenters. The van der Waals surface area contributed by atoms with E-state index < -0.39 is 0 Å². The third-order valence-electron chi connectivity index (χ3n) is 3.89. The van der Waals surface area contributed by atoms with Crippen LogP contribution in [0, 0.1) is 0 Å². The van der Waals surface area contributed by atoms with Crippen molar-refractivity contribution in [3.05, 3.63) is 48.5 Å². The number of hydrogen-bond acceptors (Lipinski definition) is 2. The summed E-state index contributed by atoms with van der Waals surface area (Å²) >= 11 is 0. The molecule has 5 rings (SSSR count). The minimum atomic E-state index is 0.999. The van der Waals surface area contributed by atoms with Gasteiger partial charge in [-0.25, -0.2) is 0 Å². The average Bonchev–Trinajstić information content (AvgIpc) is 2.97. The Morgan fingerprint density at radius 1 is 0.500 bits per heavy atom. The number of nitrogens with zero attached hydrogens (tertiary/aromatic N) is 2. The monoisotopic (exact) mass is 228 g/mol. The Morgan fingerprint density at radius 2 is 1.06 bits per heavy atom. The molecule has 0 bridgehead atoms. The molecule has 2 aliphatic rings. The zero-order valence-electron chi connectivity index (χ0n) is 9.51. The smallest absolute Gasteiger partial charge is 0.0958 e. The molecule has 1 aliphatic heterocycles. The lowest BCUT2D eigenvalue weighted by Gasteiger charge is -2.02. The van der Waals surface area contributed by atoms with E-state index in [0.29, 0.717) is 0 Å². The van der Waals surface area contributed by atoms with Crippen LogP contribution in [0.1, 0.15) is 0 Å². The normalized spacial score (nSPS) is 13.3. The van der Waals surface area contributed by atoms with Crippen LogP contribution in [0.25, 0.3) is 33.0 Å². The second-order valence-electron chi connectivity index (χ2n) is 4.76. The van der Waals surface area contributed by atoms with E-state index in [-0.39, 0.29) is 0 Å². The van der Waals surface area contributed by atoms with Crippen LogP contribution in [-0.4, -0.2) is 0 Å². The van der Waals surface area contributed by atoms with E-state index in [1.807, 2.05) is 0 Å². The highest BCUT2D eigenvalue weighted by molar-refractivity contribution is 6.21. The first-order valence-electron chi connectivity index (χ1n) is 6.05. The number of fused-ring (bicyclic) bond motifs is 3. The molecule has 3 aromatic carbocycles. The standard InChI is InChI=1S/C16H8N2/c1-2-4-10-9(3-1)11-5-7-13-16-14(18-17-13)8-6-12(10)15(11)16/h1-8H. The highest BCUT2D eigenvalue weighted by Crippen LogP contribution is 2.53. The molecule has 0 spiro atoms. The molecule has 2 nitrogen and oxygen atoms in total. The van der Waals surface area contributed by atoms with Gasteiger partial charge in [0.2, 0.25) is 0 Å². The molecule has 0 aromatic heterocycles. The lowest BCUT2D eigenvalue weighted by atomic mass is 10.0. The average molecular weight is 228 g/mol. The van der Waals surface area contributed by atoms with Crippen LogP contribution in [0.4, 0.5) is 11.4 Å². The fourth-order valence-corrected chi connectivity index (χ4v) is 3.14. The van der Waals surface area contributed by atoms with Crippen LogP contribution >= 0.6 is 0 Å². The van der Waals surface area contributed by atoms with Gasteiger partial charge in [-0.3, -0.25) is 0 Å². The van der Waals surface area contributed by atoms with Crippen molar-refractivity contribution in [2.75, 3.05) is 0 Å². The molecular weight excluding hydrogens is 220 g/mol. The molecule has 0 N–H and O–H groups in total. The maximum Gasteiger partial charge on any atom is 0.0958 e. The van der Waals surface area contributed by atoms with Crippen LogP contribution in [0.3, 0.4) is 0 Å². The van der Waals surface area contributed by atoms with Crippen molar-refractivity contribution in [1.82, 2.24) is 0 Å². The minimum Gasteiger partial charge on any atom is -0.150 e. The zero-order valence-corrected chi connectivity index (χ0v) is 9.51. The summed E-state index contributed by atoms with van der Waals surface area (Å²) in [6, 6.07) is 17.1. The summed E-state index contributed by atoms with van der Waals surface area (Å²) in [7, 11) is 0. The van der Waals surface area contributed by atoms with Gasteiger partial charge in [-0.1, -0.05) is 36.4 Å². The Kier molecular flexibility index (Phi) is 1.27. The fourth-order valence-electron chi connectivity index (χ4n) is 3.14. The van der Waals surface area contributed by atoms with Crippen LogP contribution < -0.4 is 0 Å². The first-order valence-corrected chi connectivity index (χ1v) is 6.05. The first kappa shape index (κ1) is 8.59. The van der Waals surface area contributed by atoms with Gasteiger partial charge in [0.05, 0.1) is 11.4 Å². The SMILES string of the molecule is c1ccc2c(c1)-c1ccc3c4c(ccc-2c14)N=N3. The summed E-state index contributed by atoms with van der Waals surface area (Å²) in [5.74, 6) is 0. The quantitative estimate of drug-likeness (QED) is 0.347. The Balaban J connectivity index is 2.11. The van der Waals surface area contributed by atoms with Crippen molar-refractivity contribution < 1.29 is 0 Å². The molecule has 1 aliphatic carbocycles. The van der Waals surface area contributed by atoms with E-state index in [9.17, 15) is 0 Å². The van der Waals surface area contributed by atoms with Crippen molar-refractivity contribution >= 4 is 22.1 Å². The van der Waals surface area contributed by atoms with Crippen molar-refractivity contribution in [3.63, 3.8) is 0 Å². The molecule has 82 valence electrons. The number of azo groups is 1. The predicted octanol–water partition coefficient (Wildman–Crippen LogP) is 5.22. The van der Waals surface area contributed by atoms with Crippen molar-refractivity contribution in [3.8, 4) is 22.3 Å². The molecule has 0 saturated heterocycles. The molecule has 1 heterocycles. The van der Waals surface area contributed by atoms with Gasteiger partial charge in [0.15, 0.2) is 0 Å². The molecule has 0 fully saturated rings. The van der Waals surface area contributed by atoms with E-state index in [0.717, 1.165) is 11.4 Å². The Hall–Kier alpha value is -2.48. The van der Waals surface area contributed by atoms with Crippen LogP contribution in [0.5, 0.6) is 0 Å².